The Kier molecular flexibility index (Phi) is 3.42. The SMILES string of the molecule is COCO[C@@H]1C[C@H]2C[C@@H]1C=C2O[Si](C)(C)C. The summed E-state index contributed by atoms with van der Waals surface area (Å²) in [5, 5.41) is 0. The maximum absolute atomic E-state index is 6.10. The Morgan fingerprint density at radius 1 is 1.31 bits per heavy atom. The lowest BCUT2D eigenvalue weighted by molar-refractivity contribution is -0.0803. The zero-order valence-electron chi connectivity index (χ0n) is 10.7. The molecule has 0 aromatic rings. The first kappa shape index (κ1) is 12.1. The molecule has 3 nitrogen and oxygen atoms in total. The summed E-state index contributed by atoms with van der Waals surface area (Å²) >= 11 is 0. The minimum atomic E-state index is -1.44. The second-order valence-electron chi connectivity index (χ2n) is 5.73. The molecule has 0 unspecified atom stereocenters. The molecule has 2 aliphatic carbocycles. The van der Waals surface area contributed by atoms with E-state index in [1.807, 2.05) is 0 Å². The molecule has 0 radical (unpaired) electrons. The second kappa shape index (κ2) is 4.51. The Hall–Kier alpha value is -0.323. The lowest BCUT2D eigenvalue weighted by atomic mass is 10.0. The van der Waals surface area contributed by atoms with Crippen LogP contribution in [-0.2, 0) is 13.9 Å². The van der Waals surface area contributed by atoms with Crippen molar-refractivity contribution >= 4 is 8.32 Å². The third-order valence-electron chi connectivity index (χ3n) is 3.16. The van der Waals surface area contributed by atoms with Crippen LogP contribution >= 0.6 is 0 Å². The zero-order valence-corrected chi connectivity index (χ0v) is 11.7. The summed E-state index contributed by atoms with van der Waals surface area (Å²) in [5.74, 6) is 2.38. The molecule has 4 heteroatoms. The van der Waals surface area contributed by atoms with Gasteiger partial charge in [-0.3, -0.25) is 0 Å². The van der Waals surface area contributed by atoms with Gasteiger partial charge in [-0.25, -0.2) is 0 Å². The molecule has 1 saturated carbocycles. The molecular weight excluding hydrogens is 220 g/mol. The van der Waals surface area contributed by atoms with Gasteiger partial charge in [-0.15, -0.1) is 0 Å². The highest BCUT2D eigenvalue weighted by Gasteiger charge is 2.43. The first-order valence-electron chi connectivity index (χ1n) is 6.01. The highest BCUT2D eigenvalue weighted by atomic mass is 28.4. The molecule has 1 fully saturated rings. The molecule has 2 bridgehead atoms. The van der Waals surface area contributed by atoms with E-state index in [1.165, 1.54) is 12.2 Å². The Bertz CT molecular complexity index is 282. The van der Waals surface area contributed by atoms with E-state index in [0.717, 1.165) is 6.42 Å². The van der Waals surface area contributed by atoms with Crippen LogP contribution in [0.4, 0.5) is 0 Å². The van der Waals surface area contributed by atoms with Gasteiger partial charge in [-0.1, -0.05) is 0 Å². The molecule has 0 N–H and O–H groups in total. The van der Waals surface area contributed by atoms with E-state index in [2.05, 4.69) is 25.7 Å². The fourth-order valence-corrected chi connectivity index (χ4v) is 3.55. The number of hydrogen-bond donors (Lipinski definition) is 0. The van der Waals surface area contributed by atoms with Crippen LogP contribution in [0.2, 0.25) is 19.6 Å². The predicted molar refractivity (Wildman–Crippen MR) is 65.5 cm³/mol. The monoisotopic (exact) mass is 242 g/mol. The Labute approximate surface area is 98.9 Å². The van der Waals surface area contributed by atoms with Crippen LogP contribution in [0.1, 0.15) is 12.8 Å². The van der Waals surface area contributed by atoms with Crippen molar-refractivity contribution in [3.8, 4) is 0 Å². The zero-order chi connectivity index (χ0) is 11.8. The van der Waals surface area contributed by atoms with Gasteiger partial charge in [0.2, 0.25) is 8.32 Å². The lowest BCUT2D eigenvalue weighted by Gasteiger charge is -2.27. The van der Waals surface area contributed by atoms with E-state index in [4.69, 9.17) is 13.9 Å². The van der Waals surface area contributed by atoms with Gasteiger partial charge in [0.05, 0.1) is 11.9 Å². The van der Waals surface area contributed by atoms with Crippen molar-refractivity contribution in [1.29, 1.82) is 0 Å². The van der Waals surface area contributed by atoms with Gasteiger partial charge in [-0.05, 0) is 38.6 Å². The Morgan fingerprint density at radius 2 is 2.06 bits per heavy atom. The number of ether oxygens (including phenoxy) is 2. The standard InChI is InChI=1S/C12H22O3Si/c1-13-8-14-11-6-10-5-9(11)7-12(10)15-16(2,3)4/h7,9-11H,5-6,8H2,1-4H3/t9-,10-,11-/m1/s1. The molecule has 0 aromatic carbocycles. The normalized spacial score (nSPS) is 33.0. The smallest absolute Gasteiger partial charge is 0.241 e. The van der Waals surface area contributed by atoms with Crippen LogP contribution in [0.3, 0.4) is 0 Å². The molecule has 0 aromatic heterocycles. The van der Waals surface area contributed by atoms with Crippen LogP contribution in [-0.4, -0.2) is 28.3 Å². The van der Waals surface area contributed by atoms with E-state index in [9.17, 15) is 0 Å². The number of fused-ring (bicyclic) bond motifs is 2. The minimum absolute atomic E-state index is 0.346. The fourth-order valence-electron chi connectivity index (χ4n) is 2.60. The van der Waals surface area contributed by atoms with Crippen LogP contribution < -0.4 is 0 Å². The minimum Gasteiger partial charge on any atom is -0.547 e. The van der Waals surface area contributed by atoms with Gasteiger partial charge in [0.1, 0.15) is 6.79 Å². The summed E-state index contributed by atoms with van der Waals surface area (Å²) < 4.78 is 16.7. The number of rotatable bonds is 5. The van der Waals surface area contributed by atoms with Crippen molar-refractivity contribution in [2.45, 2.75) is 38.6 Å². The average molecular weight is 242 g/mol. The third kappa shape index (κ3) is 2.67. The summed E-state index contributed by atoms with van der Waals surface area (Å²) in [6.07, 6.45) is 4.93. The van der Waals surface area contributed by atoms with Crippen LogP contribution in [0.15, 0.2) is 11.8 Å². The highest BCUT2D eigenvalue weighted by Crippen LogP contribution is 2.46. The van der Waals surface area contributed by atoms with Crippen molar-refractivity contribution < 1.29 is 13.9 Å². The molecule has 16 heavy (non-hydrogen) atoms. The van der Waals surface area contributed by atoms with E-state index in [1.54, 1.807) is 7.11 Å². The third-order valence-corrected chi connectivity index (χ3v) is 4.00. The van der Waals surface area contributed by atoms with Crippen molar-refractivity contribution in [2.75, 3.05) is 13.9 Å². The highest BCUT2D eigenvalue weighted by molar-refractivity contribution is 6.70. The van der Waals surface area contributed by atoms with Crippen molar-refractivity contribution in [1.82, 2.24) is 0 Å². The molecule has 0 spiro atoms. The average Bonchev–Trinajstić information content (AvgIpc) is 2.70. The van der Waals surface area contributed by atoms with E-state index >= 15 is 0 Å². The molecule has 0 heterocycles. The fraction of sp³-hybridized carbons (Fsp3) is 0.833. The van der Waals surface area contributed by atoms with Crippen molar-refractivity contribution in [3.05, 3.63) is 11.8 Å². The second-order valence-corrected chi connectivity index (χ2v) is 10.2. The predicted octanol–water partition coefficient (Wildman–Crippen LogP) is 2.75. The van der Waals surface area contributed by atoms with Gasteiger partial charge < -0.3 is 13.9 Å². The number of hydrogen-bond acceptors (Lipinski definition) is 3. The van der Waals surface area contributed by atoms with Gasteiger partial charge in [-0.2, -0.15) is 0 Å². The summed E-state index contributed by atoms with van der Waals surface area (Å²) in [5.41, 5.74) is 0. The number of methoxy groups -OCH3 is 1. The first-order chi connectivity index (χ1) is 7.49. The van der Waals surface area contributed by atoms with Gasteiger partial charge in [0.15, 0.2) is 0 Å². The van der Waals surface area contributed by atoms with Crippen LogP contribution in [0, 0.1) is 11.8 Å². The molecule has 2 aliphatic rings. The van der Waals surface area contributed by atoms with Crippen LogP contribution in [0.25, 0.3) is 0 Å². The van der Waals surface area contributed by atoms with E-state index < -0.39 is 8.32 Å². The quantitative estimate of drug-likeness (QED) is 0.548. The topological polar surface area (TPSA) is 27.7 Å². The number of allylic oxidation sites excluding steroid dienone is 1. The first-order valence-corrected chi connectivity index (χ1v) is 9.41. The maximum Gasteiger partial charge on any atom is 0.241 e. The lowest BCUT2D eigenvalue weighted by Crippen LogP contribution is -2.28. The summed E-state index contributed by atoms with van der Waals surface area (Å²) in [6.45, 7) is 7.11. The Balaban J connectivity index is 1.91. The van der Waals surface area contributed by atoms with E-state index in [-0.39, 0.29) is 0 Å². The van der Waals surface area contributed by atoms with Crippen molar-refractivity contribution in [2.24, 2.45) is 11.8 Å². The maximum atomic E-state index is 6.10. The van der Waals surface area contributed by atoms with Gasteiger partial charge >= 0.3 is 0 Å². The molecular formula is C12H22O3Si. The largest absolute Gasteiger partial charge is 0.547 e. The summed E-state index contributed by atoms with van der Waals surface area (Å²) in [7, 11) is 0.228. The molecule has 92 valence electrons. The molecule has 0 amide bonds. The van der Waals surface area contributed by atoms with E-state index in [0.29, 0.717) is 24.7 Å². The van der Waals surface area contributed by atoms with Gasteiger partial charge in [0.25, 0.3) is 0 Å². The summed E-state index contributed by atoms with van der Waals surface area (Å²) in [4.78, 5) is 0. The molecule has 2 rings (SSSR count). The van der Waals surface area contributed by atoms with Crippen LogP contribution in [0.5, 0.6) is 0 Å². The van der Waals surface area contributed by atoms with Crippen molar-refractivity contribution in [3.63, 3.8) is 0 Å². The molecule has 3 atom stereocenters. The molecule has 0 saturated heterocycles. The molecule has 0 aliphatic heterocycles. The Morgan fingerprint density at radius 3 is 2.56 bits per heavy atom. The summed E-state index contributed by atoms with van der Waals surface area (Å²) in [6, 6.07) is 0. The van der Waals surface area contributed by atoms with Gasteiger partial charge in [0, 0.05) is 18.9 Å².